The van der Waals surface area contributed by atoms with Crippen LogP contribution < -0.4 is 10.5 Å². The number of anilines is 2. The molecular weight excluding hydrogens is 332 g/mol. The van der Waals surface area contributed by atoms with Gasteiger partial charge in [-0.25, -0.2) is 8.42 Å². The second-order valence-electron chi connectivity index (χ2n) is 3.93. The van der Waals surface area contributed by atoms with E-state index in [4.69, 9.17) is 5.73 Å². The summed E-state index contributed by atoms with van der Waals surface area (Å²) >= 11 is 3.19. The van der Waals surface area contributed by atoms with Crippen LogP contribution in [0.3, 0.4) is 0 Å². The van der Waals surface area contributed by atoms with Crippen LogP contribution in [0.5, 0.6) is 0 Å². The summed E-state index contributed by atoms with van der Waals surface area (Å²) < 4.78 is 27.2. The fourth-order valence-corrected chi connectivity index (χ4v) is 3.61. The van der Waals surface area contributed by atoms with E-state index in [1.165, 1.54) is 18.2 Å². The minimum Gasteiger partial charge on any atom is -0.399 e. The number of halogens is 1. The van der Waals surface area contributed by atoms with E-state index in [-0.39, 0.29) is 10.7 Å². The number of H-pyrrole nitrogens is 1. The Morgan fingerprint density at radius 1 is 1.42 bits per heavy atom. The van der Waals surface area contributed by atoms with Crippen LogP contribution in [0.15, 0.2) is 33.6 Å². The third kappa shape index (κ3) is 3.07. The van der Waals surface area contributed by atoms with E-state index in [0.717, 1.165) is 12.1 Å². The average Bonchev–Trinajstić information content (AvgIpc) is 2.75. The molecule has 1 aromatic carbocycles. The van der Waals surface area contributed by atoms with Crippen LogP contribution in [0.1, 0.15) is 12.6 Å². The first-order valence-corrected chi connectivity index (χ1v) is 7.82. The smallest absolute Gasteiger partial charge is 0.264 e. The van der Waals surface area contributed by atoms with E-state index in [9.17, 15) is 8.42 Å². The molecule has 0 saturated carbocycles. The molecule has 0 unspecified atom stereocenters. The van der Waals surface area contributed by atoms with Crippen LogP contribution in [0.2, 0.25) is 0 Å². The third-order valence-electron chi connectivity index (χ3n) is 2.50. The van der Waals surface area contributed by atoms with Gasteiger partial charge in [0.15, 0.2) is 5.82 Å². The summed E-state index contributed by atoms with van der Waals surface area (Å²) in [6.07, 6.45) is 0.750. The highest BCUT2D eigenvalue weighted by molar-refractivity contribution is 9.10. The Morgan fingerprint density at radius 3 is 2.74 bits per heavy atom. The maximum atomic E-state index is 12.2. The summed E-state index contributed by atoms with van der Waals surface area (Å²) in [7, 11) is -3.69. The zero-order valence-electron chi connectivity index (χ0n) is 10.1. The highest BCUT2D eigenvalue weighted by Gasteiger charge is 2.19. The van der Waals surface area contributed by atoms with E-state index in [0.29, 0.717) is 10.2 Å². The van der Waals surface area contributed by atoms with Gasteiger partial charge in [0.2, 0.25) is 0 Å². The zero-order valence-corrected chi connectivity index (χ0v) is 12.5. The Morgan fingerprint density at radius 2 is 2.16 bits per heavy atom. The van der Waals surface area contributed by atoms with Gasteiger partial charge in [-0.05, 0) is 40.5 Å². The summed E-state index contributed by atoms with van der Waals surface area (Å²) in [6.45, 7) is 1.95. The molecular formula is C11H13BrN4O2S. The lowest BCUT2D eigenvalue weighted by Crippen LogP contribution is -2.14. The van der Waals surface area contributed by atoms with E-state index in [2.05, 4.69) is 30.8 Å². The summed E-state index contributed by atoms with van der Waals surface area (Å²) in [5, 5.41) is 6.63. The predicted molar refractivity (Wildman–Crippen MR) is 77.3 cm³/mol. The Bertz CT molecular complexity index is 696. The van der Waals surface area contributed by atoms with Gasteiger partial charge in [0.05, 0.1) is 0 Å². The van der Waals surface area contributed by atoms with Crippen molar-refractivity contribution in [2.45, 2.75) is 18.2 Å². The number of hydrogen-bond donors (Lipinski definition) is 3. The van der Waals surface area contributed by atoms with Crippen molar-refractivity contribution < 1.29 is 8.42 Å². The van der Waals surface area contributed by atoms with Gasteiger partial charge < -0.3 is 5.73 Å². The number of aryl methyl sites for hydroxylation is 1. The molecule has 102 valence electrons. The molecule has 4 N–H and O–H groups in total. The van der Waals surface area contributed by atoms with Crippen LogP contribution in [0, 0.1) is 0 Å². The third-order valence-corrected chi connectivity index (χ3v) is 4.83. The Balaban J connectivity index is 2.32. The molecule has 0 spiro atoms. The van der Waals surface area contributed by atoms with Crippen molar-refractivity contribution in [2.75, 3.05) is 10.5 Å². The molecule has 2 aromatic rings. The van der Waals surface area contributed by atoms with Crippen molar-refractivity contribution in [3.63, 3.8) is 0 Å². The molecule has 0 amide bonds. The van der Waals surface area contributed by atoms with E-state index >= 15 is 0 Å². The number of aromatic amines is 1. The molecule has 0 saturated heterocycles. The van der Waals surface area contributed by atoms with E-state index < -0.39 is 10.0 Å². The van der Waals surface area contributed by atoms with Crippen molar-refractivity contribution in [1.82, 2.24) is 10.2 Å². The lowest BCUT2D eigenvalue weighted by molar-refractivity contribution is 0.600. The monoisotopic (exact) mass is 344 g/mol. The van der Waals surface area contributed by atoms with E-state index in [1.54, 1.807) is 6.07 Å². The van der Waals surface area contributed by atoms with Crippen LogP contribution in [0.25, 0.3) is 0 Å². The van der Waals surface area contributed by atoms with Crippen LogP contribution in [0.4, 0.5) is 11.5 Å². The van der Waals surface area contributed by atoms with Gasteiger partial charge >= 0.3 is 0 Å². The number of nitrogen functional groups attached to an aromatic ring is 1. The van der Waals surface area contributed by atoms with Gasteiger partial charge in [0, 0.05) is 21.9 Å². The van der Waals surface area contributed by atoms with Gasteiger partial charge in [0.1, 0.15) is 4.90 Å². The first-order chi connectivity index (χ1) is 8.92. The van der Waals surface area contributed by atoms with Crippen molar-refractivity contribution >= 4 is 37.5 Å². The minimum absolute atomic E-state index is 0.114. The first kappa shape index (κ1) is 13.9. The van der Waals surface area contributed by atoms with E-state index in [1.807, 2.05) is 6.92 Å². The number of nitrogens with one attached hydrogen (secondary N) is 2. The van der Waals surface area contributed by atoms with Crippen LogP contribution >= 0.6 is 15.9 Å². The second-order valence-corrected chi connectivity index (χ2v) is 6.43. The van der Waals surface area contributed by atoms with Gasteiger partial charge in [-0.15, -0.1) is 0 Å². The standard InChI is InChI=1S/C11H13BrN4O2S/c1-2-8-6-11(15-14-8)16-19(17,18)10-4-3-7(13)5-9(10)12/h3-6H,2,13H2,1H3,(H2,14,15,16). The Labute approximate surface area is 119 Å². The molecule has 0 bridgehead atoms. The van der Waals surface area contributed by atoms with Crippen LogP contribution in [-0.4, -0.2) is 18.6 Å². The fourth-order valence-electron chi connectivity index (χ4n) is 1.52. The first-order valence-electron chi connectivity index (χ1n) is 5.54. The zero-order chi connectivity index (χ0) is 14.0. The number of nitrogens with zero attached hydrogens (tertiary/aromatic N) is 1. The molecule has 1 heterocycles. The van der Waals surface area contributed by atoms with Gasteiger partial charge in [-0.2, -0.15) is 5.10 Å². The normalized spacial score (nSPS) is 11.5. The SMILES string of the molecule is CCc1cc(NS(=O)(=O)c2ccc(N)cc2Br)n[nH]1. The molecule has 1 aromatic heterocycles. The molecule has 0 aliphatic carbocycles. The quantitative estimate of drug-likeness (QED) is 0.739. The molecule has 0 atom stereocenters. The largest absolute Gasteiger partial charge is 0.399 e. The fraction of sp³-hybridized carbons (Fsp3) is 0.182. The number of nitrogens with two attached hydrogens (primary N) is 1. The highest BCUT2D eigenvalue weighted by Crippen LogP contribution is 2.25. The summed E-state index contributed by atoms with van der Waals surface area (Å²) in [5.74, 6) is 0.264. The number of aromatic nitrogens is 2. The Hall–Kier alpha value is -1.54. The van der Waals surface area contributed by atoms with Gasteiger partial charge in [-0.3, -0.25) is 9.82 Å². The lowest BCUT2D eigenvalue weighted by atomic mass is 10.3. The molecule has 0 aliphatic heterocycles. The van der Waals surface area contributed by atoms with Gasteiger partial charge in [-0.1, -0.05) is 6.92 Å². The molecule has 0 aliphatic rings. The average molecular weight is 345 g/mol. The highest BCUT2D eigenvalue weighted by atomic mass is 79.9. The Kier molecular flexibility index (Phi) is 3.81. The number of rotatable bonds is 4. The number of hydrogen-bond acceptors (Lipinski definition) is 4. The molecule has 0 fully saturated rings. The van der Waals surface area contributed by atoms with Gasteiger partial charge in [0.25, 0.3) is 10.0 Å². The maximum absolute atomic E-state index is 12.2. The van der Waals surface area contributed by atoms with Crippen molar-refractivity contribution in [3.8, 4) is 0 Å². The molecule has 19 heavy (non-hydrogen) atoms. The van der Waals surface area contributed by atoms with Crippen LogP contribution in [-0.2, 0) is 16.4 Å². The van der Waals surface area contributed by atoms with Crippen molar-refractivity contribution in [2.24, 2.45) is 0 Å². The number of benzene rings is 1. The summed E-state index contributed by atoms with van der Waals surface area (Å²) in [4.78, 5) is 0.114. The summed E-state index contributed by atoms with van der Waals surface area (Å²) in [5.41, 5.74) is 6.92. The lowest BCUT2D eigenvalue weighted by Gasteiger charge is -2.07. The summed E-state index contributed by atoms with van der Waals surface area (Å²) in [6, 6.07) is 6.16. The maximum Gasteiger partial charge on any atom is 0.264 e. The molecule has 8 heteroatoms. The minimum atomic E-state index is -3.69. The number of sulfonamides is 1. The van der Waals surface area contributed by atoms with Crippen molar-refractivity contribution in [1.29, 1.82) is 0 Å². The molecule has 2 rings (SSSR count). The molecule has 0 radical (unpaired) electrons. The topological polar surface area (TPSA) is 101 Å². The second kappa shape index (κ2) is 5.22. The molecule has 6 nitrogen and oxygen atoms in total. The predicted octanol–water partition coefficient (Wildman–Crippen LogP) is 2.12. The van der Waals surface area contributed by atoms with Crippen molar-refractivity contribution in [3.05, 3.63) is 34.4 Å².